The molecule has 2 aromatic heterocycles. The number of nitrogens with zero attached hydrogens (tertiary/aromatic N) is 3. The van der Waals surface area contributed by atoms with Crippen LogP contribution >= 0.6 is 11.8 Å². The van der Waals surface area contributed by atoms with Crippen molar-refractivity contribution < 1.29 is 14.0 Å². The molecule has 3 aromatic rings. The number of carbonyl (C=O) groups is 2. The number of thioether (sulfide) groups is 1. The van der Waals surface area contributed by atoms with Crippen molar-refractivity contribution in [2.45, 2.75) is 31.8 Å². The Bertz CT molecular complexity index is 1090. The van der Waals surface area contributed by atoms with Gasteiger partial charge in [0.15, 0.2) is 5.16 Å². The highest BCUT2D eigenvalue weighted by atomic mass is 32.2. The highest BCUT2D eigenvalue weighted by molar-refractivity contribution is 7.99. The first-order valence-corrected chi connectivity index (χ1v) is 10.9. The van der Waals surface area contributed by atoms with Gasteiger partial charge in [-0.05, 0) is 44.7 Å². The highest BCUT2D eigenvalue weighted by Gasteiger charge is 2.25. The Morgan fingerprint density at radius 2 is 1.93 bits per heavy atom. The van der Waals surface area contributed by atoms with Crippen molar-refractivity contribution in [1.82, 2.24) is 14.9 Å². The quantitative estimate of drug-likeness (QED) is 0.455. The maximum atomic E-state index is 12.7. The van der Waals surface area contributed by atoms with E-state index in [9.17, 15) is 9.59 Å². The largest absolute Gasteiger partial charge is 0.443 e. The van der Waals surface area contributed by atoms with Gasteiger partial charge in [-0.3, -0.25) is 9.59 Å². The molecule has 1 aliphatic carbocycles. The SMILES string of the molecule is Cc1oc2nc(SCC(=O)N(C)CC3CC3)nc(NC(=O)c3ccccc3)c2c1C. The lowest BCUT2D eigenvalue weighted by atomic mass is 10.2. The summed E-state index contributed by atoms with van der Waals surface area (Å²) in [5.41, 5.74) is 1.82. The molecule has 156 valence electrons. The number of aryl methyl sites for hydroxylation is 2. The second-order valence-corrected chi connectivity index (χ2v) is 8.59. The minimum absolute atomic E-state index is 0.0391. The van der Waals surface area contributed by atoms with E-state index in [1.165, 1.54) is 24.6 Å². The van der Waals surface area contributed by atoms with Crippen molar-refractivity contribution in [2.75, 3.05) is 24.7 Å². The Hall–Kier alpha value is -2.87. The first kappa shape index (κ1) is 20.4. The van der Waals surface area contributed by atoms with Gasteiger partial charge in [0.25, 0.3) is 5.91 Å². The number of amides is 2. The fourth-order valence-electron chi connectivity index (χ4n) is 3.18. The predicted molar refractivity (Wildman–Crippen MR) is 117 cm³/mol. The lowest BCUT2D eigenvalue weighted by molar-refractivity contribution is -0.127. The molecular weight excluding hydrogens is 400 g/mol. The maximum absolute atomic E-state index is 12.7. The third-order valence-corrected chi connectivity index (χ3v) is 6.09. The smallest absolute Gasteiger partial charge is 0.256 e. The summed E-state index contributed by atoms with van der Waals surface area (Å²) in [4.78, 5) is 35.9. The average Bonchev–Trinajstić information content (AvgIpc) is 3.50. The number of aromatic nitrogens is 2. The minimum atomic E-state index is -0.259. The molecule has 0 aliphatic heterocycles. The normalized spacial score (nSPS) is 13.4. The molecule has 30 heavy (non-hydrogen) atoms. The second kappa shape index (κ2) is 8.47. The summed E-state index contributed by atoms with van der Waals surface area (Å²) in [6.45, 7) is 4.56. The van der Waals surface area contributed by atoms with Gasteiger partial charge in [-0.25, -0.2) is 4.98 Å². The summed E-state index contributed by atoms with van der Waals surface area (Å²) >= 11 is 1.25. The van der Waals surface area contributed by atoms with Crippen LogP contribution in [0.2, 0.25) is 0 Å². The number of hydrogen-bond donors (Lipinski definition) is 1. The van der Waals surface area contributed by atoms with E-state index >= 15 is 0 Å². The van der Waals surface area contributed by atoms with Crippen molar-refractivity contribution in [2.24, 2.45) is 5.92 Å². The van der Waals surface area contributed by atoms with E-state index in [0.717, 1.165) is 17.9 Å². The molecule has 4 rings (SSSR count). The lowest BCUT2D eigenvalue weighted by Crippen LogP contribution is -2.30. The number of fused-ring (bicyclic) bond motifs is 1. The predicted octanol–water partition coefficient (Wildman–Crippen LogP) is 4.05. The number of anilines is 1. The fraction of sp³-hybridized carbons (Fsp3) is 0.364. The van der Waals surface area contributed by atoms with Gasteiger partial charge in [-0.1, -0.05) is 30.0 Å². The summed E-state index contributed by atoms with van der Waals surface area (Å²) in [5, 5.41) is 3.96. The van der Waals surface area contributed by atoms with Crippen LogP contribution in [0.3, 0.4) is 0 Å². The molecule has 0 unspecified atom stereocenters. The zero-order valence-corrected chi connectivity index (χ0v) is 18.1. The van der Waals surface area contributed by atoms with Crippen LogP contribution in [0.15, 0.2) is 39.9 Å². The van der Waals surface area contributed by atoms with Crippen LogP contribution in [0.4, 0.5) is 5.82 Å². The van der Waals surface area contributed by atoms with E-state index < -0.39 is 0 Å². The summed E-state index contributed by atoms with van der Waals surface area (Å²) in [5.74, 6) is 1.77. The Kier molecular flexibility index (Phi) is 5.76. The number of hydrogen-bond acceptors (Lipinski definition) is 6. The van der Waals surface area contributed by atoms with Gasteiger partial charge in [0.1, 0.15) is 11.6 Å². The number of furan rings is 1. The van der Waals surface area contributed by atoms with Crippen LogP contribution < -0.4 is 5.32 Å². The van der Waals surface area contributed by atoms with Gasteiger partial charge in [0, 0.05) is 24.7 Å². The van der Waals surface area contributed by atoms with E-state index in [1.54, 1.807) is 17.0 Å². The van der Waals surface area contributed by atoms with Crippen molar-refractivity contribution in [3.63, 3.8) is 0 Å². The van der Waals surface area contributed by atoms with Crippen molar-refractivity contribution in [1.29, 1.82) is 0 Å². The molecule has 7 nitrogen and oxygen atoms in total. The van der Waals surface area contributed by atoms with Gasteiger partial charge >= 0.3 is 0 Å². The molecule has 1 aliphatic rings. The van der Waals surface area contributed by atoms with Gasteiger partial charge in [0.05, 0.1) is 11.1 Å². The highest BCUT2D eigenvalue weighted by Crippen LogP contribution is 2.32. The van der Waals surface area contributed by atoms with Gasteiger partial charge in [0.2, 0.25) is 11.6 Å². The molecule has 0 radical (unpaired) electrons. The van der Waals surface area contributed by atoms with Gasteiger partial charge in [-0.15, -0.1) is 0 Å². The molecule has 1 fully saturated rings. The van der Waals surface area contributed by atoms with Gasteiger partial charge in [-0.2, -0.15) is 4.98 Å². The summed E-state index contributed by atoms with van der Waals surface area (Å²) in [6.07, 6.45) is 2.40. The standard InChI is InChI=1S/C22H24N4O3S/c1-13-14(2)29-21-18(13)19(23-20(28)16-7-5-4-6-8-16)24-22(25-21)30-12-17(27)26(3)11-15-9-10-15/h4-8,15H,9-12H2,1-3H3,(H,23,24,25,28). The first-order chi connectivity index (χ1) is 14.4. The van der Waals surface area contributed by atoms with E-state index in [0.29, 0.717) is 33.6 Å². The summed E-state index contributed by atoms with van der Waals surface area (Å²) < 4.78 is 5.77. The molecular formula is C22H24N4O3S. The third-order valence-electron chi connectivity index (χ3n) is 5.26. The molecule has 8 heteroatoms. The molecule has 1 aromatic carbocycles. The van der Waals surface area contributed by atoms with Crippen LogP contribution in [0.5, 0.6) is 0 Å². The van der Waals surface area contributed by atoms with Gasteiger partial charge < -0.3 is 14.6 Å². The Labute approximate surface area is 179 Å². The molecule has 2 amide bonds. The van der Waals surface area contributed by atoms with Crippen LogP contribution in [0.1, 0.15) is 34.5 Å². The van der Waals surface area contributed by atoms with Crippen LogP contribution in [0, 0.1) is 19.8 Å². The molecule has 1 N–H and O–H groups in total. The Balaban J connectivity index is 1.56. The van der Waals surface area contributed by atoms with Crippen LogP contribution in [0.25, 0.3) is 11.1 Å². The number of benzene rings is 1. The van der Waals surface area contributed by atoms with E-state index in [2.05, 4.69) is 15.3 Å². The Morgan fingerprint density at radius 3 is 2.63 bits per heavy atom. The molecule has 2 heterocycles. The third kappa shape index (κ3) is 4.48. The fourth-order valence-corrected chi connectivity index (χ4v) is 3.96. The topological polar surface area (TPSA) is 88.3 Å². The Morgan fingerprint density at radius 1 is 1.20 bits per heavy atom. The monoisotopic (exact) mass is 424 g/mol. The molecule has 0 spiro atoms. The summed E-state index contributed by atoms with van der Waals surface area (Å²) in [7, 11) is 1.83. The van der Waals surface area contributed by atoms with Crippen LogP contribution in [-0.4, -0.2) is 46.0 Å². The van der Waals surface area contributed by atoms with E-state index in [4.69, 9.17) is 4.42 Å². The zero-order valence-electron chi connectivity index (χ0n) is 17.3. The molecule has 1 saturated carbocycles. The number of rotatable bonds is 7. The number of nitrogens with one attached hydrogen (secondary N) is 1. The van der Waals surface area contributed by atoms with Crippen molar-refractivity contribution >= 4 is 40.5 Å². The molecule has 0 bridgehead atoms. The lowest BCUT2D eigenvalue weighted by Gasteiger charge is -2.16. The number of carbonyl (C=O) groups excluding carboxylic acids is 2. The van der Waals surface area contributed by atoms with Crippen molar-refractivity contribution in [3.05, 3.63) is 47.2 Å². The summed E-state index contributed by atoms with van der Waals surface area (Å²) in [6, 6.07) is 8.96. The van der Waals surface area contributed by atoms with E-state index in [1.807, 2.05) is 39.1 Å². The van der Waals surface area contributed by atoms with Crippen molar-refractivity contribution in [3.8, 4) is 0 Å². The minimum Gasteiger partial charge on any atom is -0.443 e. The first-order valence-electron chi connectivity index (χ1n) is 9.93. The maximum Gasteiger partial charge on any atom is 0.256 e. The molecule has 0 saturated heterocycles. The van der Waals surface area contributed by atoms with E-state index in [-0.39, 0.29) is 17.6 Å². The average molecular weight is 425 g/mol. The zero-order chi connectivity index (χ0) is 21.3. The molecule has 0 atom stereocenters. The van der Waals surface area contributed by atoms with Crippen LogP contribution in [-0.2, 0) is 4.79 Å². The second-order valence-electron chi connectivity index (χ2n) is 7.64.